The van der Waals surface area contributed by atoms with Gasteiger partial charge in [-0.25, -0.2) is 0 Å². The molecule has 0 aliphatic carbocycles. The van der Waals surface area contributed by atoms with Crippen molar-refractivity contribution in [1.29, 1.82) is 0 Å². The summed E-state index contributed by atoms with van der Waals surface area (Å²) in [4.78, 5) is 11.7. The van der Waals surface area contributed by atoms with Gasteiger partial charge in [-0.3, -0.25) is 4.79 Å². The molecule has 0 saturated heterocycles. The van der Waals surface area contributed by atoms with Crippen LogP contribution in [0.1, 0.15) is 63.9 Å². The van der Waals surface area contributed by atoms with Crippen molar-refractivity contribution in [3.63, 3.8) is 0 Å². The van der Waals surface area contributed by atoms with Crippen molar-refractivity contribution < 1.29 is 15.0 Å². The third-order valence-electron chi connectivity index (χ3n) is 4.00. The standard InChI is InChI=1S/C20H31NO3/c1-2-3-4-5-6-7-8-9-10-11-20(24)21-15-14-17-12-13-18(22)19(23)16-17/h10-13,16,22-23H,2-9,14-15H2,1H3,(H,21,24). The Morgan fingerprint density at radius 2 is 1.75 bits per heavy atom. The van der Waals surface area contributed by atoms with Crippen LogP contribution in [0.4, 0.5) is 0 Å². The van der Waals surface area contributed by atoms with Crippen LogP contribution in [0.3, 0.4) is 0 Å². The zero-order valence-corrected chi connectivity index (χ0v) is 14.8. The van der Waals surface area contributed by atoms with Gasteiger partial charge in [0, 0.05) is 6.54 Å². The van der Waals surface area contributed by atoms with Crippen LogP contribution in [0.15, 0.2) is 30.4 Å². The number of nitrogens with one attached hydrogen (secondary N) is 1. The maximum atomic E-state index is 11.7. The van der Waals surface area contributed by atoms with Crippen LogP contribution in [-0.2, 0) is 11.2 Å². The molecule has 0 fully saturated rings. The summed E-state index contributed by atoms with van der Waals surface area (Å²) in [5.74, 6) is -0.342. The van der Waals surface area contributed by atoms with Crippen LogP contribution in [0.25, 0.3) is 0 Å². The second-order valence-electron chi connectivity index (χ2n) is 6.18. The molecule has 0 atom stereocenters. The fourth-order valence-electron chi connectivity index (χ4n) is 2.52. The lowest BCUT2D eigenvalue weighted by Gasteiger charge is -2.04. The van der Waals surface area contributed by atoms with Crippen molar-refractivity contribution in [2.45, 2.75) is 64.7 Å². The SMILES string of the molecule is CCCCCCCCCC=CC(=O)NCCc1ccc(O)c(O)c1. The molecule has 1 aromatic rings. The van der Waals surface area contributed by atoms with E-state index in [1.54, 1.807) is 12.1 Å². The number of hydrogen-bond donors (Lipinski definition) is 3. The van der Waals surface area contributed by atoms with E-state index in [2.05, 4.69) is 12.2 Å². The summed E-state index contributed by atoms with van der Waals surface area (Å²) in [6, 6.07) is 4.70. The van der Waals surface area contributed by atoms with E-state index >= 15 is 0 Å². The highest BCUT2D eigenvalue weighted by molar-refractivity contribution is 5.87. The van der Waals surface area contributed by atoms with Crippen molar-refractivity contribution in [2.24, 2.45) is 0 Å². The highest BCUT2D eigenvalue weighted by Gasteiger charge is 2.01. The highest BCUT2D eigenvalue weighted by Crippen LogP contribution is 2.24. The number of unbranched alkanes of at least 4 members (excludes halogenated alkanes) is 7. The van der Waals surface area contributed by atoms with E-state index in [9.17, 15) is 15.0 Å². The molecule has 0 bridgehead atoms. The van der Waals surface area contributed by atoms with Gasteiger partial charge in [0.25, 0.3) is 0 Å². The Morgan fingerprint density at radius 1 is 1.04 bits per heavy atom. The lowest BCUT2D eigenvalue weighted by molar-refractivity contribution is -0.116. The van der Waals surface area contributed by atoms with Gasteiger partial charge in [0.05, 0.1) is 0 Å². The number of carbonyl (C=O) groups excluding carboxylic acids is 1. The molecular weight excluding hydrogens is 302 g/mol. The Labute approximate surface area is 145 Å². The first-order valence-electron chi connectivity index (χ1n) is 9.08. The number of allylic oxidation sites excluding steroid dienone is 1. The largest absolute Gasteiger partial charge is 0.504 e. The third-order valence-corrected chi connectivity index (χ3v) is 4.00. The molecule has 0 unspecified atom stereocenters. The van der Waals surface area contributed by atoms with Gasteiger partial charge in [-0.15, -0.1) is 0 Å². The average molecular weight is 333 g/mol. The zero-order valence-electron chi connectivity index (χ0n) is 14.8. The molecule has 4 heteroatoms. The first-order chi connectivity index (χ1) is 11.6. The van der Waals surface area contributed by atoms with Crippen molar-refractivity contribution in [3.8, 4) is 11.5 Å². The number of hydrogen-bond acceptors (Lipinski definition) is 3. The first-order valence-corrected chi connectivity index (χ1v) is 9.08. The normalized spacial score (nSPS) is 11.0. The van der Waals surface area contributed by atoms with Gasteiger partial charge < -0.3 is 15.5 Å². The maximum Gasteiger partial charge on any atom is 0.243 e. The molecule has 1 amide bonds. The van der Waals surface area contributed by atoms with Crippen molar-refractivity contribution in [2.75, 3.05) is 6.54 Å². The summed E-state index contributed by atoms with van der Waals surface area (Å²) in [5, 5.41) is 21.5. The molecular formula is C20H31NO3. The number of rotatable bonds is 12. The van der Waals surface area contributed by atoms with Gasteiger partial charge in [-0.1, -0.05) is 57.6 Å². The Kier molecular flexibility index (Phi) is 10.4. The molecule has 134 valence electrons. The van der Waals surface area contributed by atoms with Gasteiger partial charge in [0.15, 0.2) is 11.5 Å². The Hall–Kier alpha value is -1.97. The molecule has 0 radical (unpaired) electrons. The fraction of sp³-hybridized carbons (Fsp3) is 0.550. The molecule has 4 nitrogen and oxygen atoms in total. The minimum Gasteiger partial charge on any atom is -0.504 e. The maximum absolute atomic E-state index is 11.7. The summed E-state index contributed by atoms with van der Waals surface area (Å²) < 4.78 is 0. The Morgan fingerprint density at radius 3 is 2.46 bits per heavy atom. The highest BCUT2D eigenvalue weighted by atomic mass is 16.3. The van der Waals surface area contributed by atoms with E-state index in [-0.39, 0.29) is 17.4 Å². The molecule has 1 aromatic carbocycles. The van der Waals surface area contributed by atoms with Crippen molar-refractivity contribution >= 4 is 5.91 Å². The minimum absolute atomic E-state index is 0.0825. The van der Waals surface area contributed by atoms with Crippen LogP contribution in [-0.4, -0.2) is 22.7 Å². The second-order valence-corrected chi connectivity index (χ2v) is 6.18. The number of phenolic OH excluding ortho intramolecular Hbond substituents is 2. The molecule has 1 rings (SSSR count). The molecule has 0 aromatic heterocycles. The van der Waals surface area contributed by atoms with E-state index in [0.717, 1.165) is 18.4 Å². The molecule has 0 spiro atoms. The lowest BCUT2D eigenvalue weighted by atomic mass is 10.1. The quantitative estimate of drug-likeness (QED) is 0.301. The van der Waals surface area contributed by atoms with E-state index in [4.69, 9.17) is 0 Å². The van der Waals surface area contributed by atoms with E-state index in [0.29, 0.717) is 13.0 Å². The average Bonchev–Trinajstić information content (AvgIpc) is 2.56. The van der Waals surface area contributed by atoms with Crippen LogP contribution in [0.5, 0.6) is 11.5 Å². The number of phenols is 2. The zero-order chi connectivity index (χ0) is 17.6. The number of amides is 1. The monoisotopic (exact) mass is 333 g/mol. The fourth-order valence-corrected chi connectivity index (χ4v) is 2.52. The molecule has 24 heavy (non-hydrogen) atoms. The van der Waals surface area contributed by atoms with Gasteiger partial charge in [0.1, 0.15) is 0 Å². The Bertz CT molecular complexity index is 512. The summed E-state index contributed by atoms with van der Waals surface area (Å²) in [7, 11) is 0. The smallest absolute Gasteiger partial charge is 0.243 e. The van der Waals surface area contributed by atoms with E-state index < -0.39 is 0 Å². The second kappa shape index (κ2) is 12.5. The van der Waals surface area contributed by atoms with Gasteiger partial charge in [0.2, 0.25) is 5.91 Å². The number of aromatic hydroxyl groups is 2. The van der Waals surface area contributed by atoms with Gasteiger partial charge >= 0.3 is 0 Å². The summed E-state index contributed by atoms with van der Waals surface area (Å²) >= 11 is 0. The van der Waals surface area contributed by atoms with Crippen LogP contribution in [0, 0.1) is 0 Å². The third kappa shape index (κ3) is 9.23. The van der Waals surface area contributed by atoms with Gasteiger partial charge in [-0.05, 0) is 43.0 Å². The molecule has 3 N–H and O–H groups in total. The molecule has 0 aliphatic heterocycles. The molecule has 0 saturated carbocycles. The summed E-state index contributed by atoms with van der Waals surface area (Å²) in [6.07, 6.45) is 14.1. The summed E-state index contributed by atoms with van der Waals surface area (Å²) in [6.45, 7) is 2.73. The first kappa shape index (κ1) is 20.1. The topological polar surface area (TPSA) is 69.6 Å². The van der Waals surface area contributed by atoms with Crippen LogP contribution in [0.2, 0.25) is 0 Å². The van der Waals surface area contributed by atoms with Gasteiger partial charge in [-0.2, -0.15) is 0 Å². The van der Waals surface area contributed by atoms with Crippen molar-refractivity contribution in [3.05, 3.63) is 35.9 Å². The van der Waals surface area contributed by atoms with E-state index in [1.165, 1.54) is 50.7 Å². The van der Waals surface area contributed by atoms with Crippen molar-refractivity contribution in [1.82, 2.24) is 5.32 Å². The molecule has 0 heterocycles. The lowest BCUT2D eigenvalue weighted by Crippen LogP contribution is -2.23. The van der Waals surface area contributed by atoms with Crippen LogP contribution < -0.4 is 5.32 Å². The predicted octanol–water partition coefficient (Wildman–Crippen LogP) is 4.45. The van der Waals surface area contributed by atoms with E-state index in [1.807, 2.05) is 6.08 Å². The minimum atomic E-state index is -0.131. The number of carbonyl (C=O) groups is 1. The predicted molar refractivity (Wildman–Crippen MR) is 98.2 cm³/mol. The Balaban J connectivity index is 2.05. The molecule has 0 aliphatic rings. The number of benzene rings is 1. The van der Waals surface area contributed by atoms with Crippen LogP contribution >= 0.6 is 0 Å². The summed E-state index contributed by atoms with van der Waals surface area (Å²) in [5.41, 5.74) is 0.873.